The maximum atomic E-state index is 14.6. The van der Waals surface area contributed by atoms with Crippen molar-refractivity contribution >= 4 is 39.1 Å². The summed E-state index contributed by atoms with van der Waals surface area (Å²) in [7, 11) is -1.47. The van der Waals surface area contributed by atoms with Gasteiger partial charge >= 0.3 is 0 Å². The number of nitrogens with zero attached hydrogens (tertiary/aromatic N) is 2. The molecule has 11 heteroatoms. The Morgan fingerprint density at radius 1 is 0.830 bits per heavy atom. The summed E-state index contributed by atoms with van der Waals surface area (Å²) in [4.78, 5) is 29.9. The van der Waals surface area contributed by atoms with Crippen LogP contribution in [0.5, 0.6) is 11.5 Å². The van der Waals surface area contributed by atoms with Crippen LogP contribution in [-0.2, 0) is 32.6 Å². The molecule has 9 nitrogen and oxygen atoms in total. The first-order chi connectivity index (χ1) is 22.3. The third-order valence-electron chi connectivity index (χ3n) is 7.33. The van der Waals surface area contributed by atoms with Crippen LogP contribution in [0.25, 0.3) is 0 Å². The van der Waals surface area contributed by atoms with Crippen LogP contribution >= 0.6 is 11.6 Å². The van der Waals surface area contributed by atoms with E-state index in [9.17, 15) is 18.0 Å². The number of carbonyl (C=O) groups is 2. The van der Waals surface area contributed by atoms with Gasteiger partial charge in [-0.25, -0.2) is 8.42 Å². The molecule has 0 fully saturated rings. The zero-order chi connectivity index (χ0) is 34.2. The average Bonchev–Trinajstić information content (AvgIpc) is 3.05. The summed E-state index contributed by atoms with van der Waals surface area (Å²) in [6, 6.07) is 28.0. The molecule has 0 saturated carbocycles. The highest BCUT2D eigenvalue weighted by Crippen LogP contribution is 2.32. The highest BCUT2D eigenvalue weighted by molar-refractivity contribution is 7.92. The molecule has 0 spiro atoms. The molecule has 0 aliphatic rings. The zero-order valence-electron chi connectivity index (χ0n) is 27.1. The second-order valence-corrected chi connectivity index (χ2v) is 14.2. The molecular formula is C36H40ClN3O6S. The summed E-state index contributed by atoms with van der Waals surface area (Å²) < 4.78 is 40.3. The molecule has 1 unspecified atom stereocenters. The van der Waals surface area contributed by atoms with Crippen LogP contribution in [-0.4, -0.2) is 57.5 Å². The largest absolute Gasteiger partial charge is 0.493 e. The molecule has 4 aromatic carbocycles. The van der Waals surface area contributed by atoms with E-state index >= 15 is 0 Å². The number of para-hydroxylation sites is 1. The van der Waals surface area contributed by atoms with Crippen molar-refractivity contribution in [3.05, 3.63) is 119 Å². The summed E-state index contributed by atoms with van der Waals surface area (Å²) >= 11 is 6.56. The van der Waals surface area contributed by atoms with E-state index in [0.29, 0.717) is 16.3 Å². The average molecular weight is 678 g/mol. The number of amides is 2. The molecule has 0 saturated heterocycles. The summed E-state index contributed by atoms with van der Waals surface area (Å²) in [5, 5.41) is 3.43. The van der Waals surface area contributed by atoms with E-state index in [2.05, 4.69) is 5.32 Å². The third-order valence-corrected chi connectivity index (χ3v) is 9.47. The van der Waals surface area contributed by atoms with Crippen LogP contribution in [0.1, 0.15) is 31.9 Å². The molecule has 0 radical (unpaired) electrons. The normalized spacial score (nSPS) is 12.1. The molecular weight excluding hydrogens is 638 g/mol. The van der Waals surface area contributed by atoms with E-state index in [0.717, 1.165) is 9.87 Å². The van der Waals surface area contributed by atoms with Gasteiger partial charge in [0.15, 0.2) is 11.5 Å². The predicted molar refractivity (Wildman–Crippen MR) is 184 cm³/mol. The quantitative estimate of drug-likeness (QED) is 0.183. The second kappa shape index (κ2) is 15.4. The summed E-state index contributed by atoms with van der Waals surface area (Å²) in [5.41, 5.74) is 1.11. The summed E-state index contributed by atoms with van der Waals surface area (Å²) in [6.07, 6.45) is 0.187. The van der Waals surface area contributed by atoms with Gasteiger partial charge in [-0.2, -0.15) is 0 Å². The Kier molecular flexibility index (Phi) is 11.5. The van der Waals surface area contributed by atoms with Crippen LogP contribution in [0.3, 0.4) is 0 Å². The lowest BCUT2D eigenvalue weighted by Gasteiger charge is -2.35. The van der Waals surface area contributed by atoms with E-state index in [4.69, 9.17) is 21.1 Å². The minimum absolute atomic E-state index is 0.0351. The maximum absolute atomic E-state index is 14.6. The number of rotatable bonds is 13. The highest BCUT2D eigenvalue weighted by atomic mass is 35.5. The number of anilines is 1. The van der Waals surface area contributed by atoms with Crippen LogP contribution in [0.2, 0.25) is 5.02 Å². The van der Waals surface area contributed by atoms with Gasteiger partial charge in [-0.15, -0.1) is 0 Å². The molecule has 2 amide bonds. The van der Waals surface area contributed by atoms with Crippen molar-refractivity contribution in [3.63, 3.8) is 0 Å². The summed E-state index contributed by atoms with van der Waals surface area (Å²) in [6.45, 7) is 4.94. The van der Waals surface area contributed by atoms with Gasteiger partial charge in [-0.05, 0) is 62.2 Å². The van der Waals surface area contributed by atoms with Crippen molar-refractivity contribution in [2.45, 2.75) is 50.2 Å². The van der Waals surface area contributed by atoms with Gasteiger partial charge in [-0.3, -0.25) is 13.9 Å². The third kappa shape index (κ3) is 9.05. The van der Waals surface area contributed by atoms with Crippen molar-refractivity contribution in [1.82, 2.24) is 10.2 Å². The molecule has 4 rings (SSSR count). The fourth-order valence-corrected chi connectivity index (χ4v) is 6.67. The molecule has 47 heavy (non-hydrogen) atoms. The Morgan fingerprint density at radius 3 is 2.02 bits per heavy atom. The smallest absolute Gasteiger partial charge is 0.264 e. The molecule has 0 aliphatic heterocycles. The van der Waals surface area contributed by atoms with Gasteiger partial charge in [0.1, 0.15) is 12.6 Å². The standard InChI is InChI=1S/C36H40ClN3O6S/c1-36(2,3)38-35(42)31(22-26-14-8-6-9-15-26)39(24-27-16-12-13-19-30(27)37)34(41)25-40(28-17-10-7-11-18-28)47(43,44)29-20-21-32(45-4)33(23-29)46-5/h6-21,23,31H,22,24-25H2,1-5H3,(H,38,42). The van der Waals surface area contributed by atoms with Crippen molar-refractivity contribution in [2.75, 3.05) is 25.1 Å². The lowest BCUT2D eigenvalue weighted by Crippen LogP contribution is -2.56. The topological polar surface area (TPSA) is 105 Å². The molecule has 4 aromatic rings. The van der Waals surface area contributed by atoms with Crippen molar-refractivity contribution < 1.29 is 27.5 Å². The Bertz CT molecular complexity index is 1780. The van der Waals surface area contributed by atoms with E-state index in [-0.39, 0.29) is 35.2 Å². The number of sulfonamides is 1. The van der Waals surface area contributed by atoms with E-state index in [1.807, 2.05) is 51.1 Å². The summed E-state index contributed by atoms with van der Waals surface area (Å²) in [5.74, 6) is -0.401. The number of hydrogen-bond donors (Lipinski definition) is 1. The van der Waals surface area contributed by atoms with Crippen molar-refractivity contribution in [2.24, 2.45) is 0 Å². The Morgan fingerprint density at radius 2 is 1.43 bits per heavy atom. The Balaban J connectivity index is 1.83. The van der Waals surface area contributed by atoms with Gasteiger partial charge in [0.2, 0.25) is 11.8 Å². The van der Waals surface area contributed by atoms with Crippen LogP contribution < -0.4 is 19.1 Å². The minimum atomic E-state index is -4.33. The van der Waals surface area contributed by atoms with Gasteiger partial charge in [0, 0.05) is 29.6 Å². The minimum Gasteiger partial charge on any atom is -0.493 e. The van der Waals surface area contributed by atoms with Crippen LogP contribution in [0.4, 0.5) is 5.69 Å². The van der Waals surface area contributed by atoms with Crippen molar-refractivity contribution in [1.29, 1.82) is 0 Å². The van der Waals surface area contributed by atoms with Gasteiger partial charge in [0.25, 0.3) is 10.0 Å². The SMILES string of the molecule is COc1ccc(S(=O)(=O)N(CC(=O)N(Cc2ccccc2Cl)C(Cc2ccccc2)C(=O)NC(C)(C)C)c2ccccc2)cc1OC. The van der Waals surface area contributed by atoms with E-state index in [1.54, 1.807) is 54.6 Å². The molecule has 1 N–H and O–H groups in total. The first kappa shape index (κ1) is 35.3. The fourth-order valence-electron chi connectivity index (χ4n) is 5.04. The second-order valence-electron chi connectivity index (χ2n) is 11.9. The molecule has 248 valence electrons. The van der Waals surface area contributed by atoms with E-state index < -0.39 is 34.1 Å². The monoisotopic (exact) mass is 677 g/mol. The lowest BCUT2D eigenvalue weighted by molar-refractivity contribution is -0.140. The number of methoxy groups -OCH3 is 2. The van der Waals surface area contributed by atoms with Gasteiger partial charge in [0.05, 0.1) is 24.8 Å². The number of hydrogen-bond acceptors (Lipinski definition) is 6. The molecule has 0 aliphatic carbocycles. The van der Waals surface area contributed by atoms with Crippen LogP contribution in [0.15, 0.2) is 108 Å². The fraction of sp³-hybridized carbons (Fsp3) is 0.278. The Hall–Kier alpha value is -4.54. The molecule has 0 aromatic heterocycles. The number of halogens is 1. The molecule has 0 bridgehead atoms. The van der Waals surface area contributed by atoms with Gasteiger partial charge in [-0.1, -0.05) is 78.3 Å². The lowest BCUT2D eigenvalue weighted by atomic mass is 10.0. The molecule has 0 heterocycles. The number of nitrogens with one attached hydrogen (secondary N) is 1. The zero-order valence-corrected chi connectivity index (χ0v) is 28.7. The number of benzene rings is 4. The first-order valence-corrected chi connectivity index (χ1v) is 16.8. The Labute approximate surface area is 282 Å². The number of ether oxygens (including phenoxy) is 2. The number of carbonyl (C=O) groups excluding carboxylic acids is 2. The van der Waals surface area contributed by atoms with Crippen LogP contribution in [0, 0.1) is 0 Å². The molecule has 1 atom stereocenters. The first-order valence-electron chi connectivity index (χ1n) is 15.0. The highest BCUT2D eigenvalue weighted by Gasteiger charge is 2.36. The van der Waals surface area contributed by atoms with E-state index in [1.165, 1.54) is 37.3 Å². The maximum Gasteiger partial charge on any atom is 0.264 e. The predicted octanol–water partition coefficient (Wildman–Crippen LogP) is 6.11. The van der Waals surface area contributed by atoms with Gasteiger partial charge < -0.3 is 19.7 Å². The van der Waals surface area contributed by atoms with Crippen molar-refractivity contribution in [3.8, 4) is 11.5 Å².